The Morgan fingerprint density at radius 1 is 1.20 bits per heavy atom. The minimum Gasteiger partial charge on any atom is -0.497 e. The van der Waals surface area contributed by atoms with Crippen LogP contribution in [0.4, 0.5) is 0 Å². The van der Waals surface area contributed by atoms with Gasteiger partial charge in [-0.05, 0) is 55.6 Å². The SMILES string of the molecule is COc1ccc(-c2nc(CNC34CC5CC3CC5C4)no2)c(OC)c1. The molecule has 0 spiro atoms. The maximum Gasteiger partial charge on any atom is 0.261 e. The Kier molecular flexibility index (Phi) is 3.32. The summed E-state index contributed by atoms with van der Waals surface area (Å²) in [5, 5.41) is 7.92. The van der Waals surface area contributed by atoms with Gasteiger partial charge in [0.05, 0.1) is 26.3 Å². The standard InChI is InChI=1S/C19H23N3O3/c1-23-14-3-4-15(16(7-14)24-2)18-21-17(22-25-18)10-20-19-8-11-5-13(19)6-12(11)9-19/h3-4,7,11-13,20H,5-6,8-10H2,1-2H3. The molecule has 0 radical (unpaired) electrons. The molecule has 6 nitrogen and oxygen atoms in total. The third kappa shape index (κ3) is 2.27. The molecule has 4 bridgehead atoms. The van der Waals surface area contributed by atoms with Crippen molar-refractivity contribution in [2.75, 3.05) is 14.2 Å². The first-order chi connectivity index (χ1) is 12.2. The van der Waals surface area contributed by atoms with Crippen molar-refractivity contribution in [3.8, 4) is 23.0 Å². The second-order valence-corrected chi connectivity index (χ2v) is 7.69. The molecule has 0 amide bonds. The highest BCUT2D eigenvalue weighted by Crippen LogP contribution is 2.65. The molecule has 2 aromatic rings. The van der Waals surface area contributed by atoms with Gasteiger partial charge in [0.25, 0.3) is 5.89 Å². The topological polar surface area (TPSA) is 69.4 Å². The van der Waals surface area contributed by atoms with E-state index in [4.69, 9.17) is 14.0 Å². The average molecular weight is 341 g/mol. The molecule has 2 unspecified atom stereocenters. The molecule has 1 N–H and O–H groups in total. The molecule has 6 rings (SSSR count). The van der Waals surface area contributed by atoms with Gasteiger partial charge in [-0.25, -0.2) is 0 Å². The fourth-order valence-electron chi connectivity index (χ4n) is 5.47. The van der Waals surface area contributed by atoms with E-state index in [-0.39, 0.29) is 0 Å². The largest absolute Gasteiger partial charge is 0.497 e. The van der Waals surface area contributed by atoms with Crippen molar-refractivity contribution in [2.45, 2.75) is 37.8 Å². The van der Waals surface area contributed by atoms with Gasteiger partial charge < -0.3 is 19.3 Å². The summed E-state index contributed by atoms with van der Waals surface area (Å²) in [6.07, 6.45) is 5.50. The second-order valence-electron chi connectivity index (χ2n) is 7.69. The van der Waals surface area contributed by atoms with E-state index in [1.165, 1.54) is 25.7 Å². The number of nitrogens with one attached hydrogen (secondary N) is 1. The summed E-state index contributed by atoms with van der Waals surface area (Å²) in [5.41, 5.74) is 1.12. The van der Waals surface area contributed by atoms with Crippen molar-refractivity contribution in [2.24, 2.45) is 17.8 Å². The van der Waals surface area contributed by atoms with E-state index < -0.39 is 0 Å². The van der Waals surface area contributed by atoms with E-state index >= 15 is 0 Å². The summed E-state index contributed by atoms with van der Waals surface area (Å²) < 4.78 is 16.1. The van der Waals surface area contributed by atoms with Gasteiger partial charge in [0.2, 0.25) is 0 Å². The Hall–Kier alpha value is -2.08. The van der Waals surface area contributed by atoms with Crippen LogP contribution in [-0.2, 0) is 6.54 Å². The second kappa shape index (κ2) is 5.46. The number of ether oxygens (including phenoxy) is 2. The Bertz CT molecular complexity index is 789. The number of rotatable bonds is 6. The van der Waals surface area contributed by atoms with Crippen LogP contribution in [-0.4, -0.2) is 29.9 Å². The zero-order valence-corrected chi connectivity index (χ0v) is 14.6. The summed E-state index contributed by atoms with van der Waals surface area (Å²) >= 11 is 0. The van der Waals surface area contributed by atoms with Crippen LogP contribution in [0.2, 0.25) is 0 Å². The first-order valence-corrected chi connectivity index (χ1v) is 9.01. The molecular weight excluding hydrogens is 318 g/mol. The van der Waals surface area contributed by atoms with Crippen LogP contribution in [0.1, 0.15) is 31.5 Å². The van der Waals surface area contributed by atoms with Crippen molar-refractivity contribution in [3.05, 3.63) is 24.0 Å². The number of methoxy groups -OCH3 is 2. The van der Waals surface area contributed by atoms with Gasteiger partial charge in [-0.1, -0.05) is 5.16 Å². The number of aromatic nitrogens is 2. The first kappa shape index (κ1) is 15.2. The Labute approximate surface area is 146 Å². The fourth-order valence-corrected chi connectivity index (χ4v) is 5.47. The third-order valence-electron chi connectivity index (χ3n) is 6.58. The molecule has 4 saturated carbocycles. The van der Waals surface area contributed by atoms with Crippen molar-refractivity contribution in [1.29, 1.82) is 0 Å². The van der Waals surface area contributed by atoms with Gasteiger partial charge in [-0.3, -0.25) is 0 Å². The van der Waals surface area contributed by atoms with Crippen LogP contribution in [0.5, 0.6) is 11.5 Å². The van der Waals surface area contributed by atoms with E-state index in [1.807, 2.05) is 18.2 Å². The van der Waals surface area contributed by atoms with E-state index in [0.29, 0.717) is 29.5 Å². The van der Waals surface area contributed by atoms with Crippen LogP contribution in [0.25, 0.3) is 11.5 Å². The van der Waals surface area contributed by atoms with Gasteiger partial charge in [-0.2, -0.15) is 4.98 Å². The van der Waals surface area contributed by atoms with E-state index in [9.17, 15) is 0 Å². The van der Waals surface area contributed by atoms with Crippen LogP contribution in [0.15, 0.2) is 22.7 Å². The smallest absolute Gasteiger partial charge is 0.261 e. The quantitative estimate of drug-likeness (QED) is 0.871. The molecule has 0 saturated heterocycles. The Balaban J connectivity index is 1.33. The van der Waals surface area contributed by atoms with Gasteiger partial charge in [0.1, 0.15) is 11.5 Å². The summed E-state index contributed by atoms with van der Waals surface area (Å²) in [6, 6.07) is 5.57. The van der Waals surface area contributed by atoms with Gasteiger partial charge in [-0.15, -0.1) is 0 Å². The van der Waals surface area contributed by atoms with Crippen molar-refractivity contribution in [1.82, 2.24) is 15.5 Å². The predicted molar refractivity (Wildman–Crippen MR) is 91.3 cm³/mol. The van der Waals surface area contributed by atoms with Gasteiger partial charge in [0, 0.05) is 11.6 Å². The predicted octanol–water partition coefficient (Wildman–Crippen LogP) is 3.03. The summed E-state index contributed by atoms with van der Waals surface area (Å²) in [4.78, 5) is 4.56. The van der Waals surface area contributed by atoms with Crippen LogP contribution in [0.3, 0.4) is 0 Å². The molecule has 0 aliphatic heterocycles. The Morgan fingerprint density at radius 3 is 2.64 bits per heavy atom. The normalized spacial score (nSPS) is 31.8. The van der Waals surface area contributed by atoms with Gasteiger partial charge in [0.15, 0.2) is 5.82 Å². The number of nitrogens with zero attached hydrogens (tertiary/aromatic N) is 2. The maximum atomic E-state index is 5.47. The van der Waals surface area contributed by atoms with Crippen LogP contribution >= 0.6 is 0 Å². The molecule has 4 aliphatic carbocycles. The summed E-state index contributed by atoms with van der Waals surface area (Å²) in [5.74, 6) is 5.36. The summed E-state index contributed by atoms with van der Waals surface area (Å²) in [6.45, 7) is 0.665. The maximum absolute atomic E-state index is 5.47. The lowest BCUT2D eigenvalue weighted by molar-refractivity contribution is 0.278. The van der Waals surface area contributed by atoms with Crippen LogP contribution in [0, 0.1) is 17.8 Å². The number of hydrogen-bond acceptors (Lipinski definition) is 6. The minimum atomic E-state index is 0.341. The summed E-state index contributed by atoms with van der Waals surface area (Å²) in [7, 11) is 3.25. The number of benzene rings is 1. The first-order valence-electron chi connectivity index (χ1n) is 9.01. The van der Waals surface area contributed by atoms with E-state index in [2.05, 4.69) is 15.5 Å². The Morgan fingerprint density at radius 2 is 2.00 bits per heavy atom. The molecule has 25 heavy (non-hydrogen) atoms. The zero-order chi connectivity index (χ0) is 17.0. The highest BCUT2D eigenvalue weighted by Gasteiger charge is 2.62. The molecule has 4 aliphatic rings. The molecule has 4 fully saturated rings. The molecule has 1 aromatic carbocycles. The van der Waals surface area contributed by atoms with Crippen LogP contribution < -0.4 is 14.8 Å². The monoisotopic (exact) mass is 341 g/mol. The third-order valence-corrected chi connectivity index (χ3v) is 6.58. The highest BCUT2D eigenvalue weighted by molar-refractivity contribution is 5.64. The average Bonchev–Trinajstić information content (AvgIpc) is 3.42. The zero-order valence-electron chi connectivity index (χ0n) is 14.6. The van der Waals surface area contributed by atoms with E-state index in [0.717, 1.165) is 29.1 Å². The van der Waals surface area contributed by atoms with Crippen molar-refractivity contribution < 1.29 is 14.0 Å². The molecule has 1 heterocycles. The van der Waals surface area contributed by atoms with Gasteiger partial charge >= 0.3 is 0 Å². The lowest BCUT2D eigenvalue weighted by Crippen LogP contribution is -2.44. The van der Waals surface area contributed by atoms with Crippen molar-refractivity contribution in [3.63, 3.8) is 0 Å². The molecule has 6 heteroatoms. The highest BCUT2D eigenvalue weighted by atomic mass is 16.5. The fraction of sp³-hybridized carbons (Fsp3) is 0.579. The minimum absolute atomic E-state index is 0.341. The lowest BCUT2D eigenvalue weighted by atomic mass is 9.91. The van der Waals surface area contributed by atoms with Crippen molar-refractivity contribution >= 4 is 0 Å². The lowest BCUT2D eigenvalue weighted by Gasteiger charge is -2.29. The number of hydrogen-bond donors (Lipinski definition) is 1. The van der Waals surface area contributed by atoms with E-state index in [1.54, 1.807) is 14.2 Å². The molecular formula is C19H23N3O3. The molecule has 1 aromatic heterocycles. The molecule has 132 valence electrons. The molecule has 2 atom stereocenters.